The van der Waals surface area contributed by atoms with Crippen LogP contribution in [0.25, 0.3) is 0 Å². The van der Waals surface area contributed by atoms with E-state index >= 15 is 0 Å². The Labute approximate surface area is 262 Å². The molecule has 242 valence electrons. The van der Waals surface area contributed by atoms with E-state index in [2.05, 4.69) is 26.4 Å². The maximum atomic E-state index is 12.0. The number of methoxy groups -OCH3 is 1. The third kappa shape index (κ3) is 6.92. The van der Waals surface area contributed by atoms with Gasteiger partial charge in [-0.3, -0.25) is 0 Å². The van der Waals surface area contributed by atoms with Gasteiger partial charge in [0.25, 0.3) is 5.95 Å². The van der Waals surface area contributed by atoms with Crippen LogP contribution in [0.4, 0.5) is 16.4 Å². The number of amides is 1. The number of carbonyl (C=O) groups is 1. The SMILES string of the molecule is COCCCN1CCOc2ccc(CO[C@H]3CN(C(=O)O)CC[C@]3(O)c3ccc(O[C@H]4CCN(c5nnn(C)n5)C4)cc3)cc21. The van der Waals surface area contributed by atoms with Gasteiger partial charge in [0.05, 0.1) is 39.0 Å². The van der Waals surface area contributed by atoms with Gasteiger partial charge in [-0.25, -0.2) is 4.79 Å². The number of fused-ring (bicyclic) bond motifs is 1. The molecule has 3 aliphatic rings. The lowest BCUT2D eigenvalue weighted by atomic mass is 9.82. The molecule has 3 aliphatic heterocycles. The standard InChI is InChI=1S/C31H41N7O7/c1-35-33-29(32-34-35)37-13-10-25(19-37)45-24-7-5-23(6-8-24)31(41)11-14-38(30(39)40)20-28(31)44-21-22-4-9-27-26(18-22)36(15-17-43-27)12-3-16-42-2/h4-9,18,25,28,41H,3,10-17,19-21H2,1-2H3,(H,39,40)/t25-,28-,31-/m0/s1. The summed E-state index contributed by atoms with van der Waals surface area (Å²) in [5.41, 5.74) is 1.19. The average molecular weight is 624 g/mol. The van der Waals surface area contributed by atoms with Gasteiger partial charge in [-0.2, -0.15) is 4.80 Å². The summed E-state index contributed by atoms with van der Waals surface area (Å²) in [4.78, 5) is 18.9. The maximum Gasteiger partial charge on any atom is 0.407 e. The van der Waals surface area contributed by atoms with Crippen LogP contribution in [0.5, 0.6) is 11.5 Å². The normalized spacial score (nSPS) is 23.1. The van der Waals surface area contributed by atoms with Gasteiger partial charge in [0.1, 0.15) is 35.9 Å². The molecule has 14 heteroatoms. The predicted molar refractivity (Wildman–Crippen MR) is 164 cm³/mol. The van der Waals surface area contributed by atoms with E-state index in [1.54, 1.807) is 14.2 Å². The van der Waals surface area contributed by atoms with Crippen molar-refractivity contribution in [2.75, 3.05) is 69.4 Å². The highest BCUT2D eigenvalue weighted by Crippen LogP contribution is 2.38. The van der Waals surface area contributed by atoms with Crippen LogP contribution in [0.2, 0.25) is 0 Å². The van der Waals surface area contributed by atoms with E-state index in [1.807, 2.05) is 41.3 Å². The van der Waals surface area contributed by atoms with Crippen molar-refractivity contribution in [2.24, 2.45) is 7.05 Å². The van der Waals surface area contributed by atoms with Crippen molar-refractivity contribution >= 4 is 17.7 Å². The molecule has 2 aromatic carbocycles. The fraction of sp³-hybridized carbons (Fsp3) is 0.548. The van der Waals surface area contributed by atoms with Crippen molar-refractivity contribution in [2.45, 2.75) is 43.7 Å². The lowest BCUT2D eigenvalue weighted by molar-refractivity contribution is -0.152. The van der Waals surface area contributed by atoms with Crippen LogP contribution in [-0.2, 0) is 28.7 Å². The summed E-state index contributed by atoms with van der Waals surface area (Å²) >= 11 is 0. The number of tetrazole rings is 1. The summed E-state index contributed by atoms with van der Waals surface area (Å²) < 4.78 is 23.7. The van der Waals surface area contributed by atoms with Crippen molar-refractivity contribution in [3.8, 4) is 11.5 Å². The first-order chi connectivity index (χ1) is 21.8. The van der Waals surface area contributed by atoms with E-state index in [4.69, 9.17) is 18.9 Å². The van der Waals surface area contributed by atoms with E-state index in [0.29, 0.717) is 37.0 Å². The molecule has 0 saturated carbocycles. The molecule has 3 aromatic rings. The quantitative estimate of drug-likeness (QED) is 0.302. The number of rotatable bonds is 11. The van der Waals surface area contributed by atoms with Crippen LogP contribution in [0.1, 0.15) is 30.4 Å². The zero-order valence-electron chi connectivity index (χ0n) is 25.7. The largest absolute Gasteiger partial charge is 0.490 e. The second-order valence-electron chi connectivity index (χ2n) is 11.8. The Morgan fingerprint density at radius 2 is 1.98 bits per heavy atom. The molecule has 1 aromatic heterocycles. The summed E-state index contributed by atoms with van der Waals surface area (Å²) in [6.07, 6.45) is 0.0926. The van der Waals surface area contributed by atoms with Crippen molar-refractivity contribution in [3.63, 3.8) is 0 Å². The van der Waals surface area contributed by atoms with Gasteiger partial charge in [0.2, 0.25) is 0 Å². The number of carboxylic acid groups (broad SMARTS) is 1. The highest BCUT2D eigenvalue weighted by Gasteiger charge is 2.45. The Kier molecular flexibility index (Phi) is 9.24. The number of hydrogen-bond donors (Lipinski definition) is 2. The molecule has 6 rings (SSSR count). The zero-order chi connectivity index (χ0) is 31.4. The van der Waals surface area contributed by atoms with E-state index in [9.17, 15) is 15.0 Å². The molecule has 0 radical (unpaired) electrons. The summed E-state index contributed by atoms with van der Waals surface area (Å²) in [7, 11) is 3.44. The number of hydrogen-bond acceptors (Lipinski definition) is 11. The molecule has 0 aliphatic carbocycles. The monoisotopic (exact) mass is 623 g/mol. The predicted octanol–water partition coefficient (Wildman–Crippen LogP) is 2.26. The second kappa shape index (κ2) is 13.5. The van der Waals surface area contributed by atoms with E-state index < -0.39 is 17.8 Å². The molecule has 2 saturated heterocycles. The minimum Gasteiger partial charge on any atom is -0.490 e. The Hall–Kier alpha value is -4.14. The number of aryl methyl sites for hydroxylation is 1. The fourth-order valence-electron chi connectivity index (χ4n) is 6.26. The Morgan fingerprint density at radius 3 is 2.73 bits per heavy atom. The fourth-order valence-corrected chi connectivity index (χ4v) is 6.26. The van der Waals surface area contributed by atoms with Crippen molar-refractivity contribution in [3.05, 3.63) is 53.6 Å². The van der Waals surface area contributed by atoms with Crippen LogP contribution in [-0.4, -0.2) is 113 Å². The van der Waals surface area contributed by atoms with Crippen LogP contribution in [0, 0.1) is 0 Å². The molecular weight excluding hydrogens is 582 g/mol. The van der Waals surface area contributed by atoms with Gasteiger partial charge >= 0.3 is 6.09 Å². The van der Waals surface area contributed by atoms with Crippen molar-refractivity contribution in [1.29, 1.82) is 0 Å². The molecule has 0 bridgehead atoms. The Bertz CT molecular complexity index is 1450. The van der Waals surface area contributed by atoms with Crippen LogP contribution >= 0.6 is 0 Å². The number of piperidine rings is 1. The molecule has 4 heterocycles. The maximum absolute atomic E-state index is 12.0. The third-order valence-electron chi connectivity index (χ3n) is 8.75. The summed E-state index contributed by atoms with van der Waals surface area (Å²) in [6, 6.07) is 13.3. The van der Waals surface area contributed by atoms with Crippen molar-refractivity contribution < 1.29 is 34.0 Å². The molecule has 0 unspecified atom stereocenters. The van der Waals surface area contributed by atoms with Gasteiger partial charge < -0.3 is 43.9 Å². The molecule has 14 nitrogen and oxygen atoms in total. The average Bonchev–Trinajstić information content (AvgIpc) is 3.70. The van der Waals surface area contributed by atoms with E-state index in [0.717, 1.165) is 49.5 Å². The minimum absolute atomic E-state index is 0.0319. The third-order valence-corrected chi connectivity index (χ3v) is 8.75. The molecule has 2 fully saturated rings. The highest BCUT2D eigenvalue weighted by atomic mass is 16.5. The summed E-state index contributed by atoms with van der Waals surface area (Å²) in [5.74, 6) is 2.10. The molecular formula is C31H41N7O7. The zero-order valence-corrected chi connectivity index (χ0v) is 25.7. The van der Waals surface area contributed by atoms with Crippen LogP contribution in [0.15, 0.2) is 42.5 Å². The first-order valence-corrected chi connectivity index (χ1v) is 15.4. The first-order valence-electron chi connectivity index (χ1n) is 15.4. The van der Waals surface area contributed by atoms with Gasteiger partial charge in [-0.05, 0) is 47.0 Å². The molecule has 0 spiro atoms. The Morgan fingerprint density at radius 1 is 1.13 bits per heavy atom. The van der Waals surface area contributed by atoms with E-state index in [1.165, 1.54) is 9.70 Å². The smallest absolute Gasteiger partial charge is 0.407 e. The van der Waals surface area contributed by atoms with Gasteiger partial charge in [0, 0.05) is 46.2 Å². The second-order valence-corrected chi connectivity index (χ2v) is 11.8. The number of aromatic nitrogens is 4. The van der Waals surface area contributed by atoms with Crippen molar-refractivity contribution in [1.82, 2.24) is 25.1 Å². The summed E-state index contributed by atoms with van der Waals surface area (Å²) in [5, 5.41) is 34.0. The van der Waals surface area contributed by atoms with Crippen LogP contribution in [0.3, 0.4) is 0 Å². The molecule has 1 amide bonds. The minimum atomic E-state index is -1.38. The number of nitrogens with zero attached hydrogens (tertiary/aromatic N) is 7. The van der Waals surface area contributed by atoms with Gasteiger partial charge in [0.15, 0.2) is 0 Å². The number of likely N-dealkylation sites (tertiary alicyclic amines) is 1. The van der Waals surface area contributed by atoms with Gasteiger partial charge in [-0.15, -0.1) is 5.10 Å². The Balaban J connectivity index is 1.13. The number of anilines is 2. The molecule has 3 atom stereocenters. The number of aliphatic hydroxyl groups is 1. The molecule has 45 heavy (non-hydrogen) atoms. The lowest BCUT2D eigenvalue weighted by Crippen LogP contribution is -2.55. The van der Waals surface area contributed by atoms with Crippen LogP contribution < -0.4 is 19.3 Å². The highest BCUT2D eigenvalue weighted by molar-refractivity contribution is 5.65. The van der Waals surface area contributed by atoms with E-state index in [-0.39, 0.29) is 32.2 Å². The summed E-state index contributed by atoms with van der Waals surface area (Å²) in [6.45, 7) is 4.83. The molecule has 2 N–H and O–H groups in total. The van der Waals surface area contributed by atoms with Gasteiger partial charge in [-0.1, -0.05) is 23.3 Å². The number of benzene rings is 2. The number of ether oxygens (including phenoxy) is 4. The lowest BCUT2D eigenvalue weighted by Gasteiger charge is -2.43. The topological polar surface area (TPSA) is 148 Å². The first kappa shape index (κ1) is 30.9.